The molecule has 8 nitrogen and oxygen atoms in total. The number of rotatable bonds is 13. The van der Waals surface area contributed by atoms with Gasteiger partial charge in [0, 0.05) is 11.3 Å². The van der Waals surface area contributed by atoms with Gasteiger partial charge >= 0.3 is 5.91 Å². The number of ether oxygens (including phenoxy) is 2. The summed E-state index contributed by atoms with van der Waals surface area (Å²) in [6, 6.07) is 27.7. The van der Waals surface area contributed by atoms with E-state index in [9.17, 15) is 14.7 Å². The Hall–Kier alpha value is -4.67. The fraction of sp³-hybridized carbons (Fsp3) is 0.263. The highest BCUT2D eigenvalue weighted by Gasteiger charge is 2.48. The number of amides is 1. The molecule has 1 aliphatic rings. The maximum Gasteiger partial charge on any atom is 0.301 e. The molecule has 4 aromatic carbocycles. The number of hydrogen-bond donors (Lipinski definition) is 1. The average Bonchev–Trinajstić information content (AvgIpc) is 3.67. The third-order valence-corrected chi connectivity index (χ3v) is 10.1. The Balaban J connectivity index is 1.35. The number of aliphatic hydroxyl groups is 1. The highest BCUT2D eigenvalue weighted by atomic mass is 32.2. The molecule has 0 bridgehead atoms. The van der Waals surface area contributed by atoms with E-state index >= 15 is 0 Å². The third kappa shape index (κ3) is 7.24. The van der Waals surface area contributed by atoms with Crippen molar-refractivity contribution in [3.63, 3.8) is 0 Å². The normalized spacial score (nSPS) is 15.8. The van der Waals surface area contributed by atoms with Gasteiger partial charge in [-0.05, 0) is 77.1 Å². The van der Waals surface area contributed by atoms with Gasteiger partial charge in [-0.15, -0.1) is 10.2 Å². The van der Waals surface area contributed by atoms with Crippen LogP contribution < -0.4 is 14.4 Å². The van der Waals surface area contributed by atoms with Crippen molar-refractivity contribution in [1.29, 1.82) is 0 Å². The predicted octanol–water partition coefficient (Wildman–Crippen LogP) is 8.82. The minimum atomic E-state index is -0.946. The molecule has 5 aromatic rings. The standard InChI is InChI=1S/C38H37N3O5S2/c1-4-20-45-29-17-15-26(16-18-29)34(42)32-33(27-11-8-13-30(22-27)46-21-19-24(2)3)41(36(44)35(32)43)37-39-40-38(48-37)47-23-28-12-7-10-25-9-5-6-14-31(25)28/h5-18,22,24,33,42H,4,19-21,23H2,1-3H3/b34-32+. The van der Waals surface area contributed by atoms with E-state index in [-0.39, 0.29) is 16.5 Å². The number of ketones is 1. The second-order valence-corrected chi connectivity index (χ2v) is 14.1. The fourth-order valence-electron chi connectivity index (χ4n) is 5.53. The molecule has 1 unspecified atom stereocenters. The number of aromatic nitrogens is 2. The largest absolute Gasteiger partial charge is 0.507 e. The summed E-state index contributed by atoms with van der Waals surface area (Å²) in [5, 5.41) is 23.0. The Morgan fingerprint density at radius 3 is 2.46 bits per heavy atom. The van der Waals surface area contributed by atoms with Gasteiger partial charge in [0.2, 0.25) is 5.13 Å². The molecule has 1 aliphatic heterocycles. The zero-order valence-corrected chi connectivity index (χ0v) is 28.7. The van der Waals surface area contributed by atoms with Crippen molar-refractivity contribution >= 4 is 56.5 Å². The second kappa shape index (κ2) is 15.0. The third-order valence-electron chi connectivity index (χ3n) is 8.02. The molecule has 6 rings (SSSR count). The van der Waals surface area contributed by atoms with Crippen molar-refractivity contribution in [3.8, 4) is 11.5 Å². The number of thioether (sulfide) groups is 1. The number of fused-ring (bicyclic) bond motifs is 1. The van der Waals surface area contributed by atoms with E-state index in [0.29, 0.717) is 51.9 Å². The van der Waals surface area contributed by atoms with Gasteiger partial charge in [-0.25, -0.2) is 0 Å². The summed E-state index contributed by atoms with van der Waals surface area (Å²) in [4.78, 5) is 28.9. The Kier molecular flexibility index (Phi) is 10.4. The average molecular weight is 680 g/mol. The molecular weight excluding hydrogens is 643 g/mol. The number of carbonyl (C=O) groups is 2. The lowest BCUT2D eigenvalue weighted by Crippen LogP contribution is -2.29. The van der Waals surface area contributed by atoms with Crippen LogP contribution in [0, 0.1) is 5.92 Å². The Labute approximate surface area is 288 Å². The summed E-state index contributed by atoms with van der Waals surface area (Å²) >= 11 is 2.76. The van der Waals surface area contributed by atoms with Gasteiger partial charge in [0.05, 0.1) is 24.8 Å². The van der Waals surface area contributed by atoms with Crippen LogP contribution >= 0.6 is 23.1 Å². The SMILES string of the molecule is CCCOc1ccc(/C(O)=C2\C(=O)C(=O)N(c3nnc(SCc4cccc5ccccc45)s3)C2c2cccc(OCCC(C)C)c2)cc1. The molecule has 1 fully saturated rings. The molecule has 0 aliphatic carbocycles. The lowest BCUT2D eigenvalue weighted by molar-refractivity contribution is -0.132. The van der Waals surface area contributed by atoms with Crippen LogP contribution in [-0.4, -0.2) is 40.2 Å². The van der Waals surface area contributed by atoms with Crippen LogP contribution in [0.25, 0.3) is 16.5 Å². The maximum atomic E-state index is 13.8. The minimum Gasteiger partial charge on any atom is -0.507 e. The number of benzene rings is 4. The van der Waals surface area contributed by atoms with Gasteiger partial charge in [0.1, 0.15) is 17.3 Å². The van der Waals surface area contributed by atoms with Crippen molar-refractivity contribution in [2.75, 3.05) is 18.1 Å². The van der Waals surface area contributed by atoms with E-state index < -0.39 is 17.7 Å². The van der Waals surface area contributed by atoms with Crippen LogP contribution in [0.3, 0.4) is 0 Å². The summed E-state index contributed by atoms with van der Waals surface area (Å²) in [7, 11) is 0. The summed E-state index contributed by atoms with van der Waals surface area (Å²) in [6.45, 7) is 7.38. The van der Waals surface area contributed by atoms with Crippen molar-refractivity contribution in [2.45, 2.75) is 49.7 Å². The Bertz CT molecular complexity index is 1950. The highest BCUT2D eigenvalue weighted by molar-refractivity contribution is 8.00. The second-order valence-electron chi connectivity index (χ2n) is 11.9. The van der Waals surface area contributed by atoms with Crippen LogP contribution in [0.2, 0.25) is 0 Å². The predicted molar refractivity (Wildman–Crippen MR) is 192 cm³/mol. The van der Waals surface area contributed by atoms with E-state index in [1.54, 1.807) is 24.3 Å². The molecule has 1 saturated heterocycles. The number of carbonyl (C=O) groups excluding carboxylic acids is 2. The molecule has 2 heterocycles. The van der Waals surface area contributed by atoms with Crippen LogP contribution in [0.5, 0.6) is 11.5 Å². The van der Waals surface area contributed by atoms with E-state index in [2.05, 4.69) is 48.3 Å². The number of aliphatic hydroxyl groups excluding tert-OH is 1. The summed E-state index contributed by atoms with van der Waals surface area (Å²) in [6.07, 6.45) is 1.74. The first-order valence-electron chi connectivity index (χ1n) is 16.0. The molecule has 1 amide bonds. The maximum absolute atomic E-state index is 13.8. The fourth-order valence-corrected chi connectivity index (χ4v) is 7.40. The van der Waals surface area contributed by atoms with Crippen molar-refractivity contribution in [3.05, 3.63) is 113 Å². The van der Waals surface area contributed by atoms with E-state index in [0.717, 1.165) is 23.8 Å². The van der Waals surface area contributed by atoms with Gasteiger partial charge < -0.3 is 14.6 Å². The molecule has 1 aromatic heterocycles. The first-order valence-corrected chi connectivity index (χ1v) is 17.8. The van der Waals surface area contributed by atoms with Gasteiger partial charge in [-0.2, -0.15) is 0 Å². The topological polar surface area (TPSA) is 102 Å². The number of hydrogen-bond acceptors (Lipinski definition) is 9. The molecule has 0 saturated carbocycles. The lowest BCUT2D eigenvalue weighted by atomic mass is 9.95. The number of anilines is 1. The molecule has 1 atom stereocenters. The summed E-state index contributed by atoms with van der Waals surface area (Å²) in [5.41, 5.74) is 2.15. The van der Waals surface area contributed by atoms with E-state index in [4.69, 9.17) is 9.47 Å². The van der Waals surface area contributed by atoms with Gasteiger partial charge in [0.15, 0.2) is 4.34 Å². The van der Waals surface area contributed by atoms with E-state index in [1.807, 2.05) is 49.4 Å². The molecule has 48 heavy (non-hydrogen) atoms. The molecule has 10 heteroatoms. The van der Waals surface area contributed by atoms with Gasteiger partial charge in [-0.1, -0.05) is 98.5 Å². The van der Waals surface area contributed by atoms with Crippen LogP contribution in [-0.2, 0) is 15.3 Å². The number of Topliss-reactive ketones (excluding diaryl/α,β-unsaturated/α-hetero) is 1. The zero-order valence-electron chi connectivity index (χ0n) is 27.1. The summed E-state index contributed by atoms with van der Waals surface area (Å²) in [5.74, 6) is 0.547. The van der Waals surface area contributed by atoms with E-state index in [1.165, 1.54) is 33.4 Å². The molecule has 0 spiro atoms. The van der Waals surface area contributed by atoms with Crippen LogP contribution in [0.4, 0.5) is 5.13 Å². The van der Waals surface area contributed by atoms with Gasteiger partial charge in [0.25, 0.3) is 5.78 Å². The Morgan fingerprint density at radius 2 is 1.67 bits per heavy atom. The molecular formula is C38H37N3O5S2. The quantitative estimate of drug-likeness (QED) is 0.0433. The van der Waals surface area contributed by atoms with Crippen molar-refractivity contribution in [2.24, 2.45) is 5.92 Å². The minimum absolute atomic E-state index is 0.0262. The summed E-state index contributed by atoms with van der Waals surface area (Å²) < 4.78 is 12.4. The van der Waals surface area contributed by atoms with Crippen molar-refractivity contribution < 1.29 is 24.2 Å². The first kappa shape index (κ1) is 33.2. The zero-order chi connectivity index (χ0) is 33.6. The highest BCUT2D eigenvalue weighted by Crippen LogP contribution is 2.45. The van der Waals surface area contributed by atoms with Crippen LogP contribution in [0.1, 0.15) is 56.3 Å². The monoisotopic (exact) mass is 679 g/mol. The molecule has 0 radical (unpaired) electrons. The van der Waals surface area contributed by atoms with Crippen molar-refractivity contribution in [1.82, 2.24) is 10.2 Å². The first-order chi connectivity index (χ1) is 23.3. The van der Waals surface area contributed by atoms with Gasteiger partial charge in [-0.3, -0.25) is 14.5 Å². The molecule has 246 valence electrons. The Morgan fingerprint density at radius 1 is 0.917 bits per heavy atom. The van der Waals surface area contributed by atoms with Crippen LogP contribution in [0.15, 0.2) is 101 Å². The molecule has 1 N–H and O–H groups in total. The smallest absolute Gasteiger partial charge is 0.301 e. The number of nitrogens with zero attached hydrogens (tertiary/aromatic N) is 3. The lowest BCUT2D eigenvalue weighted by Gasteiger charge is -2.23.